The summed E-state index contributed by atoms with van der Waals surface area (Å²) >= 11 is 5.91. The molecule has 0 spiro atoms. The van der Waals surface area contributed by atoms with E-state index in [0.29, 0.717) is 18.6 Å². The van der Waals surface area contributed by atoms with Crippen molar-refractivity contribution >= 4 is 11.6 Å². The Hall–Kier alpha value is -0.930. The monoisotopic (exact) mass is 270 g/mol. The van der Waals surface area contributed by atoms with Gasteiger partial charge in [0.15, 0.2) is 11.5 Å². The van der Waals surface area contributed by atoms with Gasteiger partial charge in [0.05, 0.1) is 25.7 Å². The first kappa shape index (κ1) is 13.5. The SMILES string of the molecule is COc1cccc(CCl)c1OCCC1CCCO1. The average molecular weight is 271 g/mol. The summed E-state index contributed by atoms with van der Waals surface area (Å²) in [6.45, 7) is 1.52. The van der Waals surface area contributed by atoms with E-state index in [4.69, 9.17) is 25.8 Å². The molecule has 0 amide bonds. The van der Waals surface area contributed by atoms with Crippen LogP contribution in [-0.2, 0) is 10.6 Å². The zero-order chi connectivity index (χ0) is 12.8. The average Bonchev–Trinajstić information content (AvgIpc) is 2.92. The van der Waals surface area contributed by atoms with Crippen molar-refractivity contribution in [2.45, 2.75) is 31.2 Å². The third-order valence-electron chi connectivity index (χ3n) is 3.13. The smallest absolute Gasteiger partial charge is 0.165 e. The Balaban J connectivity index is 1.94. The van der Waals surface area contributed by atoms with Crippen molar-refractivity contribution in [3.8, 4) is 11.5 Å². The second kappa shape index (κ2) is 6.86. The molecular weight excluding hydrogens is 252 g/mol. The summed E-state index contributed by atoms with van der Waals surface area (Å²) in [5.74, 6) is 1.92. The molecule has 0 radical (unpaired) electrons. The largest absolute Gasteiger partial charge is 0.493 e. The first-order chi connectivity index (χ1) is 8.85. The normalized spacial score (nSPS) is 18.9. The van der Waals surface area contributed by atoms with Gasteiger partial charge in [0, 0.05) is 18.6 Å². The second-order valence-corrected chi connectivity index (χ2v) is 4.62. The molecule has 0 aromatic heterocycles. The topological polar surface area (TPSA) is 27.7 Å². The van der Waals surface area contributed by atoms with E-state index < -0.39 is 0 Å². The van der Waals surface area contributed by atoms with Gasteiger partial charge in [0.1, 0.15) is 0 Å². The molecule has 3 nitrogen and oxygen atoms in total. The van der Waals surface area contributed by atoms with Crippen molar-refractivity contribution in [1.29, 1.82) is 0 Å². The van der Waals surface area contributed by atoms with Gasteiger partial charge in [-0.25, -0.2) is 0 Å². The van der Waals surface area contributed by atoms with Gasteiger partial charge in [-0.1, -0.05) is 12.1 Å². The zero-order valence-corrected chi connectivity index (χ0v) is 11.4. The highest BCUT2D eigenvalue weighted by Crippen LogP contribution is 2.32. The Morgan fingerprint density at radius 2 is 2.33 bits per heavy atom. The van der Waals surface area contributed by atoms with Crippen LogP contribution in [0.5, 0.6) is 11.5 Å². The van der Waals surface area contributed by atoms with Crippen LogP contribution in [0.25, 0.3) is 0 Å². The molecular formula is C14H19ClO3. The minimum absolute atomic E-state index is 0.346. The molecule has 0 N–H and O–H groups in total. The summed E-state index contributed by atoms with van der Waals surface area (Å²) in [4.78, 5) is 0. The zero-order valence-electron chi connectivity index (χ0n) is 10.7. The van der Waals surface area contributed by atoms with Crippen LogP contribution in [0.15, 0.2) is 18.2 Å². The van der Waals surface area contributed by atoms with Crippen LogP contribution in [0, 0.1) is 0 Å². The fourth-order valence-corrected chi connectivity index (χ4v) is 2.37. The fourth-order valence-electron chi connectivity index (χ4n) is 2.16. The Bertz CT molecular complexity index is 353. The lowest BCUT2D eigenvalue weighted by molar-refractivity contribution is 0.0897. The number of methoxy groups -OCH3 is 1. The van der Waals surface area contributed by atoms with E-state index in [9.17, 15) is 0 Å². The van der Waals surface area contributed by atoms with Crippen molar-refractivity contribution in [3.05, 3.63) is 23.8 Å². The van der Waals surface area contributed by atoms with Crippen LogP contribution in [0.4, 0.5) is 0 Å². The number of rotatable bonds is 6. The summed E-state index contributed by atoms with van der Waals surface area (Å²) in [6.07, 6.45) is 3.56. The summed E-state index contributed by atoms with van der Waals surface area (Å²) in [5.41, 5.74) is 0.961. The number of ether oxygens (including phenoxy) is 3. The van der Waals surface area contributed by atoms with E-state index >= 15 is 0 Å². The Morgan fingerprint density at radius 3 is 3.00 bits per heavy atom. The molecule has 1 fully saturated rings. The predicted molar refractivity (Wildman–Crippen MR) is 71.6 cm³/mol. The molecule has 1 aromatic rings. The van der Waals surface area contributed by atoms with Gasteiger partial charge in [0.25, 0.3) is 0 Å². The van der Waals surface area contributed by atoms with Crippen molar-refractivity contribution in [2.24, 2.45) is 0 Å². The highest BCUT2D eigenvalue weighted by Gasteiger charge is 2.16. The van der Waals surface area contributed by atoms with Crippen LogP contribution >= 0.6 is 11.6 Å². The summed E-state index contributed by atoms with van der Waals surface area (Å²) < 4.78 is 16.7. The molecule has 1 unspecified atom stereocenters. The second-order valence-electron chi connectivity index (χ2n) is 4.35. The first-order valence-electron chi connectivity index (χ1n) is 6.31. The summed E-state index contributed by atoms with van der Waals surface area (Å²) in [7, 11) is 1.64. The van der Waals surface area contributed by atoms with E-state index in [0.717, 1.165) is 42.9 Å². The molecule has 0 aliphatic carbocycles. The van der Waals surface area contributed by atoms with Crippen LogP contribution in [-0.4, -0.2) is 26.4 Å². The van der Waals surface area contributed by atoms with Crippen LogP contribution in [0.1, 0.15) is 24.8 Å². The number of para-hydroxylation sites is 1. The predicted octanol–water partition coefficient (Wildman–Crippen LogP) is 3.38. The Labute approximate surface area is 113 Å². The van der Waals surface area contributed by atoms with E-state index in [1.165, 1.54) is 0 Å². The molecule has 100 valence electrons. The first-order valence-corrected chi connectivity index (χ1v) is 6.85. The molecule has 1 heterocycles. The number of benzene rings is 1. The molecule has 1 aliphatic rings. The van der Waals surface area contributed by atoms with E-state index in [1.54, 1.807) is 7.11 Å². The molecule has 18 heavy (non-hydrogen) atoms. The van der Waals surface area contributed by atoms with Crippen LogP contribution in [0.3, 0.4) is 0 Å². The van der Waals surface area contributed by atoms with Crippen LogP contribution in [0.2, 0.25) is 0 Å². The maximum Gasteiger partial charge on any atom is 0.165 e. The van der Waals surface area contributed by atoms with Gasteiger partial charge in [-0.3, -0.25) is 0 Å². The van der Waals surface area contributed by atoms with Crippen molar-refractivity contribution in [2.75, 3.05) is 20.3 Å². The maximum absolute atomic E-state index is 5.91. The van der Waals surface area contributed by atoms with Gasteiger partial charge in [-0.15, -0.1) is 11.6 Å². The quantitative estimate of drug-likeness (QED) is 0.742. The van der Waals surface area contributed by atoms with Crippen molar-refractivity contribution in [3.63, 3.8) is 0 Å². The Kier molecular flexibility index (Phi) is 5.14. The molecule has 1 atom stereocenters. The van der Waals surface area contributed by atoms with E-state index in [1.807, 2.05) is 18.2 Å². The molecule has 0 bridgehead atoms. The number of hydrogen-bond donors (Lipinski definition) is 0. The third-order valence-corrected chi connectivity index (χ3v) is 3.42. The molecule has 1 aliphatic heterocycles. The highest BCUT2D eigenvalue weighted by atomic mass is 35.5. The number of halogens is 1. The number of hydrogen-bond acceptors (Lipinski definition) is 3. The summed E-state index contributed by atoms with van der Waals surface area (Å²) in [5, 5.41) is 0. The molecule has 2 rings (SSSR count). The van der Waals surface area contributed by atoms with Gasteiger partial charge >= 0.3 is 0 Å². The highest BCUT2D eigenvalue weighted by molar-refractivity contribution is 6.17. The molecule has 1 aromatic carbocycles. The third kappa shape index (κ3) is 3.30. The van der Waals surface area contributed by atoms with E-state index in [-0.39, 0.29) is 0 Å². The minimum Gasteiger partial charge on any atom is -0.493 e. The lowest BCUT2D eigenvalue weighted by atomic mass is 10.2. The fraction of sp³-hybridized carbons (Fsp3) is 0.571. The summed E-state index contributed by atoms with van der Waals surface area (Å²) in [6, 6.07) is 5.76. The molecule has 0 saturated carbocycles. The van der Waals surface area contributed by atoms with Crippen molar-refractivity contribution in [1.82, 2.24) is 0 Å². The van der Waals surface area contributed by atoms with Gasteiger partial charge in [-0.2, -0.15) is 0 Å². The molecule has 1 saturated heterocycles. The number of alkyl halides is 1. The van der Waals surface area contributed by atoms with Gasteiger partial charge in [0.2, 0.25) is 0 Å². The van der Waals surface area contributed by atoms with Crippen LogP contribution < -0.4 is 9.47 Å². The van der Waals surface area contributed by atoms with Crippen molar-refractivity contribution < 1.29 is 14.2 Å². The maximum atomic E-state index is 5.91. The molecule has 4 heteroatoms. The van der Waals surface area contributed by atoms with Gasteiger partial charge in [-0.05, 0) is 18.9 Å². The lowest BCUT2D eigenvalue weighted by Gasteiger charge is -2.15. The van der Waals surface area contributed by atoms with Gasteiger partial charge < -0.3 is 14.2 Å². The minimum atomic E-state index is 0.346. The lowest BCUT2D eigenvalue weighted by Crippen LogP contribution is -2.11. The standard InChI is InChI=1S/C14H19ClO3/c1-16-13-6-2-4-11(10-15)14(13)18-9-7-12-5-3-8-17-12/h2,4,6,12H,3,5,7-10H2,1H3. The Morgan fingerprint density at radius 1 is 1.44 bits per heavy atom. The van der Waals surface area contributed by atoms with E-state index in [2.05, 4.69) is 0 Å².